The monoisotopic (exact) mass is 699 g/mol. The van der Waals surface area contributed by atoms with Crippen LogP contribution in [0.1, 0.15) is 124 Å². The van der Waals surface area contributed by atoms with Gasteiger partial charge in [-0.3, -0.25) is 24.0 Å². The van der Waals surface area contributed by atoms with E-state index < -0.39 is 52.6 Å². The molecule has 2 aliphatic carbocycles. The topological polar surface area (TPSA) is 204 Å². The van der Waals surface area contributed by atoms with Crippen molar-refractivity contribution in [3.8, 4) is 0 Å². The number of Topliss-reactive ketones (excluding diaryl/α,β-unsaturated/α-hetero) is 1. The first-order chi connectivity index (χ1) is 24.3. The molecule has 13 heteroatoms. The molecule has 1 aromatic heterocycles. The van der Waals surface area contributed by atoms with Crippen molar-refractivity contribution in [3.63, 3.8) is 0 Å². The molecule has 13 nitrogen and oxygen atoms in total. The molecular formula is C38H49N7O6. The molecule has 3 aliphatic rings. The zero-order valence-corrected chi connectivity index (χ0v) is 29.5. The maximum absolute atomic E-state index is 15.3. The van der Waals surface area contributed by atoms with E-state index in [4.69, 9.17) is 11.5 Å². The van der Waals surface area contributed by atoms with Crippen molar-refractivity contribution in [1.29, 1.82) is 0 Å². The average Bonchev–Trinajstić information content (AvgIpc) is 3.79. The molecule has 3 atom stereocenters. The molecule has 3 fully saturated rings. The number of hydrogen-bond donors (Lipinski definition) is 4. The second-order valence-corrected chi connectivity index (χ2v) is 15.2. The van der Waals surface area contributed by atoms with Crippen LogP contribution in [0.3, 0.4) is 0 Å². The quantitative estimate of drug-likeness (QED) is 0.218. The first-order valence-corrected chi connectivity index (χ1v) is 18.2. The van der Waals surface area contributed by atoms with Crippen molar-refractivity contribution >= 4 is 40.2 Å². The van der Waals surface area contributed by atoms with E-state index in [0.717, 1.165) is 49.3 Å². The van der Waals surface area contributed by atoms with Gasteiger partial charge in [0.05, 0.1) is 23.9 Å². The minimum Gasteiger partial charge on any atom is -0.384 e. The largest absolute Gasteiger partial charge is 0.384 e. The maximum atomic E-state index is 15.3. The van der Waals surface area contributed by atoms with Gasteiger partial charge in [-0.25, -0.2) is 4.68 Å². The molecule has 6 N–H and O–H groups in total. The van der Waals surface area contributed by atoms with Gasteiger partial charge < -0.3 is 26.8 Å². The summed E-state index contributed by atoms with van der Waals surface area (Å²) >= 11 is 0. The number of carbonyl (C=O) groups is 5. The Hall–Kier alpha value is -4.65. The molecular weight excluding hydrogens is 650 g/mol. The molecule has 1 aliphatic heterocycles. The lowest BCUT2D eigenvalue weighted by molar-refractivity contribution is -0.145. The molecule has 3 aromatic rings. The van der Waals surface area contributed by atoms with E-state index in [9.17, 15) is 24.3 Å². The number of aromatic nitrogens is 3. The highest BCUT2D eigenvalue weighted by Crippen LogP contribution is 2.41. The van der Waals surface area contributed by atoms with Crippen LogP contribution in [0.5, 0.6) is 0 Å². The van der Waals surface area contributed by atoms with Crippen LogP contribution < -0.4 is 16.8 Å². The summed E-state index contributed by atoms with van der Waals surface area (Å²) in [6.07, 6.45) is 9.77. The van der Waals surface area contributed by atoms with Gasteiger partial charge in [0.15, 0.2) is 0 Å². The molecule has 51 heavy (non-hydrogen) atoms. The highest BCUT2D eigenvalue weighted by atomic mass is 16.3. The summed E-state index contributed by atoms with van der Waals surface area (Å²) in [5, 5.41) is 23.8. The summed E-state index contributed by atoms with van der Waals surface area (Å²) in [6, 6.07) is 9.45. The Morgan fingerprint density at radius 1 is 0.980 bits per heavy atom. The number of ketones is 1. The number of nitrogens with two attached hydrogens (primary N) is 2. The van der Waals surface area contributed by atoms with E-state index in [0.29, 0.717) is 30.5 Å². The number of carbonyl (C=O) groups excluding carboxylic acids is 5. The highest BCUT2D eigenvalue weighted by Gasteiger charge is 2.49. The van der Waals surface area contributed by atoms with Gasteiger partial charge in [-0.2, -0.15) is 0 Å². The number of amides is 4. The summed E-state index contributed by atoms with van der Waals surface area (Å²) in [5.41, 5.74) is 9.91. The normalized spacial score (nSPS) is 21.7. The number of benzene rings is 2. The van der Waals surface area contributed by atoms with Gasteiger partial charge in [0.1, 0.15) is 17.2 Å². The molecule has 4 amide bonds. The van der Waals surface area contributed by atoms with Gasteiger partial charge in [-0.05, 0) is 61.4 Å². The molecule has 272 valence electrons. The zero-order valence-electron chi connectivity index (χ0n) is 29.5. The van der Waals surface area contributed by atoms with Crippen molar-refractivity contribution in [2.24, 2.45) is 17.4 Å². The van der Waals surface area contributed by atoms with E-state index in [1.54, 1.807) is 24.6 Å². The molecule has 0 unspecified atom stereocenters. The van der Waals surface area contributed by atoms with Crippen molar-refractivity contribution in [2.45, 2.75) is 120 Å². The van der Waals surface area contributed by atoms with Gasteiger partial charge in [0.2, 0.25) is 23.5 Å². The van der Waals surface area contributed by atoms with Gasteiger partial charge in [0, 0.05) is 18.5 Å². The fourth-order valence-electron chi connectivity index (χ4n) is 8.74. The van der Waals surface area contributed by atoms with Gasteiger partial charge in [0.25, 0.3) is 5.91 Å². The first kappa shape index (κ1) is 36.2. The number of aliphatic hydroxyl groups is 1. The van der Waals surface area contributed by atoms with Crippen molar-refractivity contribution in [2.75, 3.05) is 6.54 Å². The van der Waals surface area contributed by atoms with E-state index in [1.807, 2.05) is 30.3 Å². The molecule has 6 rings (SSSR count). The Kier molecular flexibility index (Phi) is 10.3. The third-order valence-electron chi connectivity index (χ3n) is 11.3. The summed E-state index contributed by atoms with van der Waals surface area (Å²) in [7, 11) is 0. The van der Waals surface area contributed by atoms with Crippen LogP contribution in [0, 0.1) is 5.92 Å². The average molecular weight is 700 g/mol. The smallest absolute Gasteiger partial charge is 0.287 e. The van der Waals surface area contributed by atoms with Crippen LogP contribution in [0.25, 0.3) is 10.8 Å². The van der Waals surface area contributed by atoms with Crippen LogP contribution >= 0.6 is 0 Å². The first-order valence-electron chi connectivity index (χ1n) is 18.2. The minimum absolute atomic E-state index is 0.0535. The van der Waals surface area contributed by atoms with Crippen LogP contribution in [-0.4, -0.2) is 72.5 Å². The number of fused-ring (bicyclic) bond motifs is 1. The predicted molar refractivity (Wildman–Crippen MR) is 189 cm³/mol. The van der Waals surface area contributed by atoms with Crippen LogP contribution in [0.15, 0.2) is 42.6 Å². The van der Waals surface area contributed by atoms with Crippen LogP contribution in [-0.2, 0) is 24.8 Å². The van der Waals surface area contributed by atoms with Gasteiger partial charge >= 0.3 is 0 Å². The lowest BCUT2D eigenvalue weighted by Gasteiger charge is -2.38. The fourth-order valence-corrected chi connectivity index (χ4v) is 8.74. The van der Waals surface area contributed by atoms with Crippen molar-refractivity contribution in [1.82, 2.24) is 25.2 Å². The second kappa shape index (κ2) is 14.5. The standard InChI is InChI=1S/C38H49N7O6/c1-37(2,51)30-21-41-43-45(30)25-20-29(35(49)42-38(32(46)34(40)48)17-9-4-10-18-38)44(22-25)36(50)28(19-23-11-5-3-6-12-23)31-26-14-8-7-13-24(26)15-16-27(31)33(39)47/h7-8,13-16,21,23,25,28-29,51H,3-6,9-12,17-20,22H2,1-2H3,(H2,39,47)(H2,40,48)(H,42,49)/t25-,28+,29-/m0/s1. The van der Waals surface area contributed by atoms with Crippen molar-refractivity contribution in [3.05, 3.63) is 59.4 Å². The fraction of sp³-hybridized carbons (Fsp3) is 0.553. The molecule has 2 aromatic carbocycles. The molecule has 2 heterocycles. The third-order valence-corrected chi connectivity index (χ3v) is 11.3. The molecule has 0 spiro atoms. The Morgan fingerprint density at radius 2 is 1.67 bits per heavy atom. The van der Waals surface area contributed by atoms with E-state index in [-0.39, 0.29) is 43.2 Å². The van der Waals surface area contributed by atoms with E-state index in [1.165, 1.54) is 11.1 Å². The number of hydrogen-bond acceptors (Lipinski definition) is 8. The Bertz CT molecular complexity index is 1820. The summed E-state index contributed by atoms with van der Waals surface area (Å²) in [5.74, 6) is -4.12. The second-order valence-electron chi connectivity index (χ2n) is 15.2. The maximum Gasteiger partial charge on any atom is 0.287 e. The number of nitrogens with zero attached hydrogens (tertiary/aromatic N) is 4. The molecule has 0 bridgehead atoms. The SMILES string of the molecule is CC(C)(O)c1cnnn1[C@H]1C[C@@H](C(=O)NC2(C(=O)C(N)=O)CCCCC2)N(C(=O)[C@H](CC2CCCCC2)c2c(C(N)=O)ccc3ccccc23)C1. The molecule has 2 saturated carbocycles. The minimum atomic E-state index is -1.46. The Labute approximate surface area is 297 Å². The molecule has 0 radical (unpaired) electrons. The van der Waals surface area contributed by atoms with E-state index in [2.05, 4.69) is 15.6 Å². The summed E-state index contributed by atoms with van der Waals surface area (Å²) in [6.45, 7) is 3.27. The van der Waals surface area contributed by atoms with E-state index >= 15 is 4.79 Å². The Balaban J connectivity index is 1.45. The third kappa shape index (κ3) is 7.26. The molecule has 1 saturated heterocycles. The summed E-state index contributed by atoms with van der Waals surface area (Å²) in [4.78, 5) is 69.9. The lowest BCUT2D eigenvalue weighted by atomic mass is 9.77. The van der Waals surface area contributed by atoms with Gasteiger partial charge in [-0.1, -0.05) is 86.9 Å². The number of nitrogens with one attached hydrogen (secondary N) is 1. The zero-order chi connectivity index (χ0) is 36.5. The predicted octanol–water partition coefficient (Wildman–Crippen LogP) is 3.53. The number of rotatable bonds is 11. The van der Waals surface area contributed by atoms with Crippen LogP contribution in [0.4, 0.5) is 0 Å². The number of likely N-dealkylation sites (tertiary alicyclic amines) is 1. The van der Waals surface area contributed by atoms with Crippen molar-refractivity contribution < 1.29 is 29.1 Å². The Morgan fingerprint density at radius 3 is 2.33 bits per heavy atom. The highest BCUT2D eigenvalue weighted by molar-refractivity contribution is 6.39. The van der Waals surface area contributed by atoms with Crippen LogP contribution in [0.2, 0.25) is 0 Å². The summed E-state index contributed by atoms with van der Waals surface area (Å²) < 4.78 is 1.56. The van der Waals surface area contributed by atoms with Gasteiger partial charge in [-0.15, -0.1) is 5.10 Å². The lowest BCUT2D eigenvalue weighted by Crippen LogP contribution is -2.62. The number of primary amides is 2.